The quantitative estimate of drug-likeness (QED) is 0.651. The van der Waals surface area contributed by atoms with Crippen LogP contribution in [-0.2, 0) is 4.79 Å². The zero-order chi connectivity index (χ0) is 21.0. The van der Waals surface area contributed by atoms with Crippen LogP contribution < -0.4 is 11.1 Å². The normalized spacial score (nSPS) is 11.5. The largest absolute Gasteiger partial charge is 0.368 e. The monoisotopic (exact) mass is 411 g/mol. The topological polar surface area (TPSA) is 92.5 Å². The molecule has 0 spiro atoms. The van der Waals surface area contributed by atoms with Gasteiger partial charge in [0.05, 0.1) is 4.88 Å². The van der Waals surface area contributed by atoms with Crippen molar-refractivity contribution < 1.29 is 18.8 Å². The number of nitrogens with zero attached hydrogens (tertiary/aromatic N) is 1. The number of hydrogen-bond donors (Lipinski definition) is 2. The van der Waals surface area contributed by atoms with E-state index in [2.05, 4.69) is 5.32 Å². The maximum absolute atomic E-state index is 13.6. The number of thiophene rings is 1. The molecule has 0 fully saturated rings. The molecule has 148 valence electrons. The number of halogens is 1. The van der Waals surface area contributed by atoms with Crippen LogP contribution in [-0.4, -0.2) is 29.7 Å². The molecule has 2 aromatic carbocycles. The average Bonchev–Trinajstić information content (AvgIpc) is 3.22. The van der Waals surface area contributed by atoms with Crippen molar-refractivity contribution in [2.45, 2.75) is 6.04 Å². The number of rotatable bonds is 6. The summed E-state index contributed by atoms with van der Waals surface area (Å²) in [6, 6.07) is 14.0. The van der Waals surface area contributed by atoms with Gasteiger partial charge >= 0.3 is 0 Å². The first kappa shape index (κ1) is 20.2. The molecule has 0 aliphatic carbocycles. The maximum Gasteiger partial charge on any atom is 0.265 e. The molecule has 1 unspecified atom stereocenters. The van der Waals surface area contributed by atoms with E-state index in [-0.39, 0.29) is 17.0 Å². The number of carbonyl (C=O) groups excluding carboxylic acids is 3. The van der Waals surface area contributed by atoms with Crippen LogP contribution in [0.25, 0.3) is 0 Å². The van der Waals surface area contributed by atoms with Crippen LogP contribution in [0.2, 0.25) is 0 Å². The van der Waals surface area contributed by atoms with E-state index in [0.717, 1.165) is 11.0 Å². The number of benzene rings is 2. The fourth-order valence-electron chi connectivity index (χ4n) is 2.91. The summed E-state index contributed by atoms with van der Waals surface area (Å²) in [6.07, 6.45) is 0. The van der Waals surface area contributed by atoms with Gasteiger partial charge in [0, 0.05) is 18.3 Å². The number of anilines is 1. The standard InChI is InChI=1S/C21H18FN3O3S/c1-25(18(19(23)26)13-5-2-7-15(22)11-13)21(28)14-6-3-8-16(12-14)24-20(27)17-9-4-10-29-17/h2-12,18H,1H3,(H2,23,26)(H,24,27). The molecular formula is C21H18FN3O3S. The van der Waals surface area contributed by atoms with E-state index >= 15 is 0 Å². The van der Waals surface area contributed by atoms with E-state index in [4.69, 9.17) is 5.73 Å². The molecule has 1 aromatic heterocycles. The average molecular weight is 411 g/mol. The SMILES string of the molecule is CN(C(=O)c1cccc(NC(=O)c2cccs2)c1)C(C(N)=O)c1cccc(F)c1. The van der Waals surface area contributed by atoms with Crippen molar-refractivity contribution in [3.05, 3.63) is 87.9 Å². The Labute approximate surface area is 170 Å². The predicted octanol–water partition coefficient (Wildman–Crippen LogP) is 3.44. The summed E-state index contributed by atoms with van der Waals surface area (Å²) in [4.78, 5) is 38.8. The third-order valence-electron chi connectivity index (χ3n) is 4.25. The van der Waals surface area contributed by atoms with Crippen molar-refractivity contribution in [2.24, 2.45) is 5.73 Å². The Morgan fingerprint density at radius 1 is 1.07 bits per heavy atom. The van der Waals surface area contributed by atoms with Gasteiger partial charge in [-0.3, -0.25) is 14.4 Å². The molecule has 3 aromatic rings. The van der Waals surface area contributed by atoms with E-state index in [1.807, 2.05) is 0 Å². The Hall–Kier alpha value is -3.52. The number of nitrogens with two attached hydrogens (primary N) is 1. The number of primary amides is 1. The number of hydrogen-bond acceptors (Lipinski definition) is 4. The summed E-state index contributed by atoms with van der Waals surface area (Å²) in [5.41, 5.74) is 6.43. The zero-order valence-electron chi connectivity index (χ0n) is 15.5. The molecule has 3 amide bonds. The second-order valence-corrected chi connectivity index (χ2v) is 7.24. The summed E-state index contributed by atoms with van der Waals surface area (Å²) >= 11 is 1.30. The highest BCUT2D eigenvalue weighted by atomic mass is 32.1. The van der Waals surface area contributed by atoms with Crippen LogP contribution in [0.4, 0.5) is 10.1 Å². The molecule has 3 rings (SSSR count). The molecular weight excluding hydrogens is 393 g/mol. The Morgan fingerprint density at radius 3 is 2.48 bits per heavy atom. The number of nitrogens with one attached hydrogen (secondary N) is 1. The lowest BCUT2D eigenvalue weighted by Gasteiger charge is -2.26. The summed E-state index contributed by atoms with van der Waals surface area (Å²) in [5.74, 6) is -2.10. The van der Waals surface area contributed by atoms with Gasteiger partial charge in [0.1, 0.15) is 11.9 Å². The lowest BCUT2D eigenvalue weighted by Crippen LogP contribution is -2.39. The Bertz CT molecular complexity index is 1050. The Balaban J connectivity index is 1.83. The first-order chi connectivity index (χ1) is 13.9. The molecule has 29 heavy (non-hydrogen) atoms. The van der Waals surface area contributed by atoms with Crippen LogP contribution >= 0.6 is 11.3 Å². The zero-order valence-corrected chi connectivity index (χ0v) is 16.3. The van der Waals surface area contributed by atoms with Gasteiger partial charge in [-0.15, -0.1) is 11.3 Å². The molecule has 0 radical (unpaired) electrons. The number of amides is 3. The van der Waals surface area contributed by atoms with Gasteiger partial charge in [-0.25, -0.2) is 4.39 Å². The van der Waals surface area contributed by atoms with Gasteiger partial charge in [0.15, 0.2) is 0 Å². The van der Waals surface area contributed by atoms with Crippen molar-refractivity contribution in [1.29, 1.82) is 0 Å². The van der Waals surface area contributed by atoms with Gasteiger partial charge in [0.2, 0.25) is 5.91 Å². The van der Waals surface area contributed by atoms with Crippen LogP contribution in [0.3, 0.4) is 0 Å². The molecule has 6 nitrogen and oxygen atoms in total. The van der Waals surface area contributed by atoms with Gasteiger partial charge in [-0.2, -0.15) is 0 Å². The molecule has 0 aliphatic rings. The summed E-state index contributed by atoms with van der Waals surface area (Å²) < 4.78 is 13.6. The lowest BCUT2D eigenvalue weighted by molar-refractivity contribution is -0.122. The molecule has 3 N–H and O–H groups in total. The molecule has 0 saturated heterocycles. The highest BCUT2D eigenvalue weighted by Crippen LogP contribution is 2.23. The third kappa shape index (κ3) is 4.67. The van der Waals surface area contributed by atoms with Crippen molar-refractivity contribution in [2.75, 3.05) is 12.4 Å². The van der Waals surface area contributed by atoms with Crippen molar-refractivity contribution in [3.8, 4) is 0 Å². The minimum Gasteiger partial charge on any atom is -0.368 e. The van der Waals surface area contributed by atoms with Crippen LogP contribution in [0, 0.1) is 5.82 Å². The van der Waals surface area contributed by atoms with Crippen LogP contribution in [0.15, 0.2) is 66.0 Å². The molecule has 0 aliphatic heterocycles. The van der Waals surface area contributed by atoms with Gasteiger partial charge < -0.3 is 16.0 Å². The summed E-state index contributed by atoms with van der Waals surface area (Å²) in [5, 5.41) is 4.52. The second-order valence-electron chi connectivity index (χ2n) is 6.29. The smallest absolute Gasteiger partial charge is 0.265 e. The van der Waals surface area contributed by atoms with Crippen molar-refractivity contribution in [3.63, 3.8) is 0 Å². The molecule has 1 atom stereocenters. The van der Waals surface area contributed by atoms with Gasteiger partial charge in [-0.1, -0.05) is 24.3 Å². The third-order valence-corrected chi connectivity index (χ3v) is 5.12. The van der Waals surface area contributed by atoms with E-state index in [1.165, 1.54) is 42.6 Å². The minimum absolute atomic E-state index is 0.249. The number of carbonyl (C=O) groups is 3. The van der Waals surface area contributed by atoms with Gasteiger partial charge in [-0.05, 0) is 47.3 Å². The number of likely N-dealkylation sites (N-methyl/N-ethyl adjacent to an activating group) is 1. The highest BCUT2D eigenvalue weighted by Gasteiger charge is 2.28. The van der Waals surface area contributed by atoms with Crippen molar-refractivity contribution >= 4 is 34.7 Å². The Morgan fingerprint density at radius 2 is 1.83 bits per heavy atom. The predicted molar refractivity (Wildman–Crippen MR) is 109 cm³/mol. The van der Waals surface area contributed by atoms with Crippen LogP contribution in [0.5, 0.6) is 0 Å². The highest BCUT2D eigenvalue weighted by molar-refractivity contribution is 7.12. The van der Waals surface area contributed by atoms with E-state index in [9.17, 15) is 18.8 Å². The first-order valence-corrected chi connectivity index (χ1v) is 9.51. The van der Waals surface area contributed by atoms with Crippen molar-refractivity contribution in [1.82, 2.24) is 4.90 Å². The maximum atomic E-state index is 13.6. The molecule has 1 heterocycles. The molecule has 0 bridgehead atoms. The molecule has 8 heteroatoms. The minimum atomic E-state index is -1.14. The summed E-state index contributed by atoms with van der Waals surface area (Å²) in [6.45, 7) is 0. The Kier molecular flexibility index (Phi) is 6.04. The van der Waals surface area contributed by atoms with E-state index < -0.39 is 23.7 Å². The molecule has 0 saturated carbocycles. The fourth-order valence-corrected chi connectivity index (χ4v) is 3.53. The first-order valence-electron chi connectivity index (χ1n) is 8.63. The van der Waals surface area contributed by atoms with E-state index in [0.29, 0.717) is 10.6 Å². The van der Waals surface area contributed by atoms with Gasteiger partial charge in [0.25, 0.3) is 11.8 Å². The summed E-state index contributed by atoms with van der Waals surface area (Å²) in [7, 11) is 1.42. The second kappa shape index (κ2) is 8.66. The lowest BCUT2D eigenvalue weighted by atomic mass is 10.0. The van der Waals surface area contributed by atoms with E-state index in [1.54, 1.807) is 35.7 Å². The fraction of sp³-hybridized carbons (Fsp3) is 0.0952. The van der Waals surface area contributed by atoms with Crippen LogP contribution in [0.1, 0.15) is 31.6 Å².